The van der Waals surface area contributed by atoms with E-state index < -0.39 is 6.29 Å². The van der Waals surface area contributed by atoms with Gasteiger partial charge < -0.3 is 14.0 Å². The molecule has 0 radical (unpaired) electrons. The van der Waals surface area contributed by atoms with Crippen LogP contribution in [0, 0.1) is 6.92 Å². The van der Waals surface area contributed by atoms with E-state index in [-0.39, 0.29) is 0 Å². The van der Waals surface area contributed by atoms with Gasteiger partial charge in [-0.2, -0.15) is 4.98 Å². The smallest absolute Gasteiger partial charge is 0.283 e. The molecular formula is C14H17BrN2O3. The Bertz CT molecular complexity index is 565. The zero-order chi connectivity index (χ0) is 14.5. The molecule has 0 atom stereocenters. The highest BCUT2D eigenvalue weighted by Gasteiger charge is 2.20. The highest BCUT2D eigenvalue weighted by atomic mass is 79.9. The minimum absolute atomic E-state index is 0.339. The molecular weight excluding hydrogens is 324 g/mol. The van der Waals surface area contributed by atoms with Crippen LogP contribution in [0.15, 0.2) is 27.2 Å². The maximum absolute atomic E-state index is 5.44. The number of nitrogens with zero attached hydrogens (tertiary/aromatic N) is 2. The van der Waals surface area contributed by atoms with E-state index in [1.54, 1.807) is 0 Å². The van der Waals surface area contributed by atoms with Crippen LogP contribution in [0.3, 0.4) is 0 Å². The molecule has 2 aromatic rings. The molecule has 0 unspecified atom stereocenters. The highest BCUT2D eigenvalue weighted by molar-refractivity contribution is 9.10. The van der Waals surface area contributed by atoms with Gasteiger partial charge in [-0.1, -0.05) is 21.1 Å². The molecule has 5 nitrogen and oxygen atoms in total. The van der Waals surface area contributed by atoms with E-state index in [0.29, 0.717) is 24.9 Å². The van der Waals surface area contributed by atoms with Gasteiger partial charge >= 0.3 is 0 Å². The van der Waals surface area contributed by atoms with Gasteiger partial charge in [0.05, 0.1) is 0 Å². The minimum Gasteiger partial charge on any atom is -0.345 e. The van der Waals surface area contributed by atoms with Gasteiger partial charge in [0, 0.05) is 23.2 Å². The van der Waals surface area contributed by atoms with E-state index in [0.717, 1.165) is 15.6 Å². The molecule has 0 aliphatic heterocycles. The SMILES string of the molecule is CCOC(OCC)c1nc(-c2ccc(Br)cc2C)no1. The van der Waals surface area contributed by atoms with Crippen molar-refractivity contribution < 1.29 is 14.0 Å². The van der Waals surface area contributed by atoms with Gasteiger partial charge in [-0.3, -0.25) is 0 Å². The first-order valence-corrected chi connectivity index (χ1v) is 7.28. The topological polar surface area (TPSA) is 57.4 Å². The number of hydrogen-bond donors (Lipinski definition) is 0. The summed E-state index contributed by atoms with van der Waals surface area (Å²) in [5.74, 6) is 0.875. The van der Waals surface area contributed by atoms with Crippen LogP contribution in [0.1, 0.15) is 31.6 Å². The lowest BCUT2D eigenvalue weighted by Crippen LogP contribution is -2.09. The Morgan fingerprint density at radius 1 is 1.25 bits per heavy atom. The Balaban J connectivity index is 2.27. The number of benzene rings is 1. The van der Waals surface area contributed by atoms with Crippen LogP contribution in [0.25, 0.3) is 11.4 Å². The number of rotatable bonds is 6. The molecule has 0 spiro atoms. The van der Waals surface area contributed by atoms with Crippen molar-refractivity contribution in [1.82, 2.24) is 10.1 Å². The molecule has 1 aromatic carbocycles. The van der Waals surface area contributed by atoms with Crippen LogP contribution in [0.5, 0.6) is 0 Å². The fourth-order valence-electron chi connectivity index (χ4n) is 1.81. The zero-order valence-electron chi connectivity index (χ0n) is 11.7. The maximum Gasteiger partial charge on any atom is 0.283 e. The van der Waals surface area contributed by atoms with Crippen molar-refractivity contribution >= 4 is 15.9 Å². The molecule has 0 saturated carbocycles. The van der Waals surface area contributed by atoms with Crippen LogP contribution in [-0.2, 0) is 9.47 Å². The van der Waals surface area contributed by atoms with E-state index >= 15 is 0 Å². The molecule has 6 heteroatoms. The fraction of sp³-hybridized carbons (Fsp3) is 0.429. The van der Waals surface area contributed by atoms with Crippen molar-refractivity contribution in [3.8, 4) is 11.4 Å². The summed E-state index contributed by atoms with van der Waals surface area (Å²) in [5, 5.41) is 4.00. The zero-order valence-corrected chi connectivity index (χ0v) is 13.3. The molecule has 0 N–H and O–H groups in total. The van der Waals surface area contributed by atoms with E-state index in [1.807, 2.05) is 39.0 Å². The van der Waals surface area contributed by atoms with E-state index in [9.17, 15) is 0 Å². The van der Waals surface area contributed by atoms with E-state index in [2.05, 4.69) is 26.1 Å². The van der Waals surface area contributed by atoms with Crippen LogP contribution in [-0.4, -0.2) is 23.4 Å². The average Bonchev–Trinajstić information content (AvgIpc) is 2.88. The van der Waals surface area contributed by atoms with Crippen molar-refractivity contribution in [3.05, 3.63) is 34.1 Å². The molecule has 0 bridgehead atoms. The summed E-state index contributed by atoms with van der Waals surface area (Å²) in [6.07, 6.45) is -0.609. The average molecular weight is 341 g/mol. The van der Waals surface area contributed by atoms with Crippen LogP contribution >= 0.6 is 15.9 Å². The van der Waals surface area contributed by atoms with E-state index in [4.69, 9.17) is 14.0 Å². The number of aryl methyl sites for hydroxylation is 1. The number of halogens is 1. The third kappa shape index (κ3) is 3.45. The van der Waals surface area contributed by atoms with Gasteiger partial charge in [-0.15, -0.1) is 0 Å². The lowest BCUT2D eigenvalue weighted by atomic mass is 10.1. The third-order valence-electron chi connectivity index (χ3n) is 2.71. The Morgan fingerprint density at radius 2 is 1.95 bits per heavy atom. The van der Waals surface area contributed by atoms with Crippen LogP contribution in [0.4, 0.5) is 0 Å². The number of hydrogen-bond acceptors (Lipinski definition) is 5. The quantitative estimate of drug-likeness (QED) is 0.747. The van der Waals surface area contributed by atoms with Crippen molar-refractivity contribution in [2.45, 2.75) is 27.1 Å². The number of ether oxygens (including phenoxy) is 2. The summed E-state index contributed by atoms with van der Waals surface area (Å²) in [7, 11) is 0. The molecule has 0 aliphatic carbocycles. The molecule has 0 fully saturated rings. The second-order valence-corrected chi connectivity index (χ2v) is 5.07. The van der Waals surface area contributed by atoms with Crippen molar-refractivity contribution in [1.29, 1.82) is 0 Å². The molecule has 0 saturated heterocycles. The maximum atomic E-state index is 5.44. The van der Waals surface area contributed by atoms with Crippen LogP contribution in [0.2, 0.25) is 0 Å². The minimum atomic E-state index is -0.609. The van der Waals surface area contributed by atoms with Gasteiger partial charge in [-0.25, -0.2) is 0 Å². The lowest BCUT2D eigenvalue weighted by molar-refractivity contribution is -0.155. The Kier molecular flexibility index (Phi) is 5.28. The first-order valence-electron chi connectivity index (χ1n) is 6.49. The Morgan fingerprint density at radius 3 is 2.55 bits per heavy atom. The summed E-state index contributed by atoms with van der Waals surface area (Å²) in [5.41, 5.74) is 1.99. The van der Waals surface area contributed by atoms with Gasteiger partial charge in [0.1, 0.15) is 0 Å². The van der Waals surface area contributed by atoms with Gasteiger partial charge in [0.25, 0.3) is 5.89 Å². The third-order valence-corrected chi connectivity index (χ3v) is 3.20. The second kappa shape index (κ2) is 6.97. The monoisotopic (exact) mass is 340 g/mol. The van der Waals surface area contributed by atoms with Crippen molar-refractivity contribution in [2.24, 2.45) is 0 Å². The molecule has 0 amide bonds. The summed E-state index contributed by atoms with van der Waals surface area (Å²) < 4.78 is 17.1. The molecule has 1 aromatic heterocycles. The molecule has 1 heterocycles. The largest absolute Gasteiger partial charge is 0.345 e. The predicted molar refractivity (Wildman–Crippen MR) is 78.2 cm³/mol. The van der Waals surface area contributed by atoms with Gasteiger partial charge in [0.15, 0.2) is 0 Å². The number of aromatic nitrogens is 2. The predicted octanol–water partition coefficient (Wildman–Crippen LogP) is 3.88. The summed E-state index contributed by atoms with van der Waals surface area (Å²) in [6, 6.07) is 5.90. The van der Waals surface area contributed by atoms with Crippen molar-refractivity contribution in [2.75, 3.05) is 13.2 Å². The molecule has 20 heavy (non-hydrogen) atoms. The van der Waals surface area contributed by atoms with Crippen molar-refractivity contribution in [3.63, 3.8) is 0 Å². The fourth-order valence-corrected chi connectivity index (χ4v) is 2.29. The standard InChI is InChI=1S/C14H17BrN2O3/c1-4-18-14(19-5-2)13-16-12(17-20-13)11-7-6-10(15)8-9(11)3/h6-8,14H,4-5H2,1-3H3. The summed E-state index contributed by atoms with van der Waals surface area (Å²) in [4.78, 5) is 4.37. The van der Waals surface area contributed by atoms with Crippen LogP contribution < -0.4 is 0 Å². The molecule has 108 valence electrons. The first kappa shape index (κ1) is 15.2. The Hall–Kier alpha value is -1.24. The van der Waals surface area contributed by atoms with Gasteiger partial charge in [-0.05, 0) is 44.5 Å². The van der Waals surface area contributed by atoms with E-state index in [1.165, 1.54) is 0 Å². The van der Waals surface area contributed by atoms with Gasteiger partial charge in [0.2, 0.25) is 12.1 Å². The summed E-state index contributed by atoms with van der Waals surface area (Å²) in [6.45, 7) is 6.81. The first-order chi connectivity index (χ1) is 9.65. The molecule has 0 aliphatic rings. The lowest BCUT2D eigenvalue weighted by Gasteiger charge is -2.11. The Labute approximate surface area is 126 Å². The highest BCUT2D eigenvalue weighted by Crippen LogP contribution is 2.26. The normalized spacial score (nSPS) is 11.2. The second-order valence-electron chi connectivity index (χ2n) is 4.16. The molecule has 2 rings (SSSR count). The summed E-state index contributed by atoms with van der Waals surface area (Å²) >= 11 is 3.43.